The number of hydrogen-bond donors (Lipinski definition) is 0. The van der Waals surface area contributed by atoms with E-state index < -0.39 is 0 Å². The van der Waals surface area contributed by atoms with E-state index in [1.54, 1.807) is 24.3 Å². The van der Waals surface area contributed by atoms with Crippen molar-refractivity contribution in [3.8, 4) is 0 Å². The van der Waals surface area contributed by atoms with Crippen LogP contribution >= 0.6 is 11.6 Å². The highest BCUT2D eigenvalue weighted by Gasteiger charge is 2.30. The van der Waals surface area contributed by atoms with Crippen LogP contribution in [0.15, 0.2) is 24.3 Å². The monoisotopic (exact) mass is 308 g/mol. The van der Waals surface area contributed by atoms with Gasteiger partial charge < -0.3 is 4.74 Å². The van der Waals surface area contributed by atoms with E-state index in [9.17, 15) is 9.59 Å². The van der Waals surface area contributed by atoms with Crippen LogP contribution in [0, 0.1) is 11.8 Å². The summed E-state index contributed by atoms with van der Waals surface area (Å²) in [6.45, 7) is 4.79. The number of benzene rings is 1. The van der Waals surface area contributed by atoms with Gasteiger partial charge in [0.25, 0.3) is 0 Å². The normalized spacial score (nSPS) is 22.3. The Kier molecular flexibility index (Phi) is 5.54. The third-order valence-corrected chi connectivity index (χ3v) is 4.27. The molecular weight excluding hydrogens is 288 g/mol. The molecular formula is C17H21ClO3. The maximum Gasteiger partial charge on any atom is 0.170 e. The minimum absolute atomic E-state index is 0.0306. The van der Waals surface area contributed by atoms with E-state index >= 15 is 0 Å². The SMILES string of the molecule is CC(C)C1CC(C(=O)CC(=O)c2ccc(Cl)cc2)CCO1. The summed E-state index contributed by atoms with van der Waals surface area (Å²) in [6, 6.07) is 6.67. The topological polar surface area (TPSA) is 43.4 Å². The van der Waals surface area contributed by atoms with E-state index in [4.69, 9.17) is 16.3 Å². The number of hydrogen-bond acceptors (Lipinski definition) is 3. The minimum atomic E-state index is -0.135. The first kappa shape index (κ1) is 16.2. The molecule has 1 heterocycles. The molecule has 1 aromatic carbocycles. The van der Waals surface area contributed by atoms with Crippen molar-refractivity contribution in [3.63, 3.8) is 0 Å². The van der Waals surface area contributed by atoms with Crippen LogP contribution in [0.3, 0.4) is 0 Å². The minimum Gasteiger partial charge on any atom is -0.378 e. The first-order valence-electron chi connectivity index (χ1n) is 7.40. The summed E-state index contributed by atoms with van der Waals surface area (Å²) in [4.78, 5) is 24.4. The number of ether oxygens (including phenoxy) is 1. The molecule has 0 radical (unpaired) electrons. The molecule has 0 spiro atoms. The average Bonchev–Trinajstić information content (AvgIpc) is 2.48. The van der Waals surface area contributed by atoms with Gasteiger partial charge in [-0.25, -0.2) is 0 Å². The summed E-state index contributed by atoms with van der Waals surface area (Å²) in [7, 11) is 0. The maximum absolute atomic E-state index is 12.3. The van der Waals surface area contributed by atoms with Crippen LogP contribution in [0.1, 0.15) is 43.5 Å². The highest BCUT2D eigenvalue weighted by atomic mass is 35.5. The predicted octanol–water partition coefficient (Wildman–Crippen LogP) is 3.93. The second kappa shape index (κ2) is 7.19. The molecule has 0 aromatic heterocycles. The zero-order valence-corrected chi connectivity index (χ0v) is 13.2. The second-order valence-corrected chi connectivity index (χ2v) is 6.38. The van der Waals surface area contributed by atoms with Crippen LogP contribution in [0.2, 0.25) is 5.02 Å². The van der Waals surface area contributed by atoms with Crippen LogP contribution in [-0.4, -0.2) is 24.3 Å². The molecule has 0 N–H and O–H groups in total. The fraction of sp³-hybridized carbons (Fsp3) is 0.529. The first-order chi connectivity index (χ1) is 9.97. The maximum atomic E-state index is 12.3. The van der Waals surface area contributed by atoms with Crippen molar-refractivity contribution in [2.75, 3.05) is 6.61 Å². The zero-order chi connectivity index (χ0) is 15.4. The Hall–Kier alpha value is -1.19. The summed E-state index contributed by atoms with van der Waals surface area (Å²) < 4.78 is 5.67. The van der Waals surface area contributed by atoms with E-state index in [0.717, 1.165) is 12.8 Å². The summed E-state index contributed by atoms with van der Waals surface area (Å²) in [5.41, 5.74) is 0.542. The Bertz CT molecular complexity index is 507. The van der Waals surface area contributed by atoms with Crippen LogP contribution in [0.4, 0.5) is 0 Å². The molecule has 2 rings (SSSR count). The average molecular weight is 309 g/mol. The van der Waals surface area contributed by atoms with E-state index in [1.807, 2.05) is 0 Å². The van der Waals surface area contributed by atoms with Crippen LogP contribution < -0.4 is 0 Å². The lowest BCUT2D eigenvalue weighted by Crippen LogP contribution is -2.34. The van der Waals surface area contributed by atoms with E-state index in [0.29, 0.717) is 23.1 Å². The van der Waals surface area contributed by atoms with Gasteiger partial charge in [-0.05, 0) is 43.0 Å². The molecule has 0 amide bonds. The molecule has 2 unspecified atom stereocenters. The van der Waals surface area contributed by atoms with E-state index in [2.05, 4.69) is 13.8 Å². The molecule has 1 fully saturated rings. The molecule has 1 saturated heterocycles. The number of carbonyl (C=O) groups is 2. The summed E-state index contributed by atoms with van der Waals surface area (Å²) >= 11 is 5.80. The Morgan fingerprint density at radius 1 is 1.29 bits per heavy atom. The summed E-state index contributed by atoms with van der Waals surface area (Å²) in [6.07, 6.45) is 1.54. The Labute approximate surface area is 130 Å². The summed E-state index contributed by atoms with van der Waals surface area (Å²) in [5, 5.41) is 0.585. The van der Waals surface area contributed by atoms with Crippen LogP contribution in [0.5, 0.6) is 0 Å². The fourth-order valence-corrected chi connectivity index (χ4v) is 2.75. The second-order valence-electron chi connectivity index (χ2n) is 5.95. The van der Waals surface area contributed by atoms with Crippen molar-refractivity contribution in [1.29, 1.82) is 0 Å². The molecule has 1 aliphatic rings. The molecule has 1 aliphatic heterocycles. The number of halogens is 1. The van der Waals surface area contributed by atoms with Gasteiger partial charge in [0.15, 0.2) is 5.78 Å². The molecule has 0 saturated carbocycles. The van der Waals surface area contributed by atoms with Crippen molar-refractivity contribution < 1.29 is 14.3 Å². The van der Waals surface area contributed by atoms with Crippen molar-refractivity contribution in [1.82, 2.24) is 0 Å². The van der Waals surface area contributed by atoms with Gasteiger partial charge in [0.05, 0.1) is 12.5 Å². The van der Waals surface area contributed by atoms with Crippen LogP contribution in [0.25, 0.3) is 0 Å². The highest BCUT2D eigenvalue weighted by molar-refractivity contribution is 6.30. The molecule has 114 valence electrons. The quantitative estimate of drug-likeness (QED) is 0.611. The van der Waals surface area contributed by atoms with Gasteiger partial charge in [0.2, 0.25) is 0 Å². The highest BCUT2D eigenvalue weighted by Crippen LogP contribution is 2.26. The van der Waals surface area contributed by atoms with Gasteiger partial charge in [-0.2, -0.15) is 0 Å². The van der Waals surface area contributed by atoms with Gasteiger partial charge in [0.1, 0.15) is 5.78 Å². The van der Waals surface area contributed by atoms with Gasteiger partial charge in [-0.3, -0.25) is 9.59 Å². The fourth-order valence-electron chi connectivity index (χ4n) is 2.63. The standard InChI is InChI=1S/C17H21ClO3/c1-11(2)17-9-13(7-8-21-17)16(20)10-15(19)12-3-5-14(18)6-4-12/h3-6,11,13,17H,7-10H2,1-2H3. The number of ketones is 2. The van der Waals surface area contributed by atoms with Crippen LogP contribution in [-0.2, 0) is 9.53 Å². The summed E-state index contributed by atoms with van der Waals surface area (Å²) in [5.74, 6) is 0.239. The lowest BCUT2D eigenvalue weighted by atomic mass is 9.85. The lowest BCUT2D eigenvalue weighted by molar-refractivity contribution is -0.128. The smallest absolute Gasteiger partial charge is 0.170 e. The molecule has 0 bridgehead atoms. The Balaban J connectivity index is 1.94. The number of carbonyl (C=O) groups excluding carboxylic acids is 2. The van der Waals surface area contributed by atoms with Crippen molar-refractivity contribution in [2.24, 2.45) is 11.8 Å². The molecule has 4 heteroatoms. The number of Topliss-reactive ketones (excluding diaryl/α,β-unsaturated/α-hetero) is 2. The number of rotatable bonds is 5. The lowest BCUT2D eigenvalue weighted by Gasteiger charge is -2.31. The van der Waals surface area contributed by atoms with Gasteiger partial charge in [0, 0.05) is 23.1 Å². The van der Waals surface area contributed by atoms with Crippen molar-refractivity contribution in [3.05, 3.63) is 34.9 Å². The largest absolute Gasteiger partial charge is 0.378 e. The molecule has 21 heavy (non-hydrogen) atoms. The molecule has 3 nitrogen and oxygen atoms in total. The predicted molar refractivity (Wildman–Crippen MR) is 82.7 cm³/mol. The van der Waals surface area contributed by atoms with Crippen molar-refractivity contribution >= 4 is 23.2 Å². The molecule has 1 aromatic rings. The Morgan fingerprint density at radius 2 is 1.95 bits per heavy atom. The van der Waals surface area contributed by atoms with Gasteiger partial charge >= 0.3 is 0 Å². The molecule has 2 atom stereocenters. The zero-order valence-electron chi connectivity index (χ0n) is 12.5. The Morgan fingerprint density at radius 3 is 2.57 bits per heavy atom. The van der Waals surface area contributed by atoms with E-state index in [1.165, 1.54) is 0 Å². The van der Waals surface area contributed by atoms with Gasteiger partial charge in [-0.1, -0.05) is 25.4 Å². The third kappa shape index (κ3) is 4.39. The third-order valence-electron chi connectivity index (χ3n) is 4.01. The van der Waals surface area contributed by atoms with Gasteiger partial charge in [-0.15, -0.1) is 0 Å². The molecule has 0 aliphatic carbocycles. The van der Waals surface area contributed by atoms with E-state index in [-0.39, 0.29) is 30.0 Å². The van der Waals surface area contributed by atoms with Crippen molar-refractivity contribution in [2.45, 2.75) is 39.2 Å². The first-order valence-corrected chi connectivity index (χ1v) is 7.78.